The molecule has 8 heteroatoms. The van der Waals surface area contributed by atoms with Gasteiger partial charge in [-0.3, -0.25) is 4.79 Å². The van der Waals surface area contributed by atoms with Crippen LogP contribution in [0.2, 0.25) is 0 Å². The number of carbonyl (C=O) groups is 1. The summed E-state index contributed by atoms with van der Waals surface area (Å²) in [7, 11) is -3.71. The quantitative estimate of drug-likeness (QED) is 0.547. The molecule has 3 rings (SSSR count). The lowest BCUT2D eigenvalue weighted by Crippen LogP contribution is -2.32. The van der Waals surface area contributed by atoms with Gasteiger partial charge in [0.1, 0.15) is 11.9 Å². The molecule has 0 fully saturated rings. The van der Waals surface area contributed by atoms with Gasteiger partial charge in [0.25, 0.3) is 0 Å². The molecule has 3 N–H and O–H groups in total. The van der Waals surface area contributed by atoms with E-state index in [1.54, 1.807) is 24.3 Å². The van der Waals surface area contributed by atoms with Crippen LogP contribution in [-0.4, -0.2) is 32.5 Å². The first kappa shape index (κ1) is 19.1. The van der Waals surface area contributed by atoms with Gasteiger partial charge in [0.2, 0.25) is 15.9 Å². The second-order valence-corrected chi connectivity index (χ2v) is 7.76. The number of nitrogens with one attached hydrogen (secondary N) is 2. The van der Waals surface area contributed by atoms with Crippen molar-refractivity contribution in [3.8, 4) is 0 Å². The van der Waals surface area contributed by atoms with Crippen molar-refractivity contribution < 1.29 is 22.7 Å². The molecule has 2 aromatic carbocycles. The molecule has 1 aromatic heterocycles. The Morgan fingerprint density at radius 1 is 1.07 bits per heavy atom. The third-order valence-corrected chi connectivity index (χ3v) is 5.50. The van der Waals surface area contributed by atoms with Gasteiger partial charge in [-0.15, -0.1) is 0 Å². The molecule has 3 aromatic rings. The highest BCUT2D eigenvalue weighted by Gasteiger charge is 2.16. The number of benzene rings is 2. The summed E-state index contributed by atoms with van der Waals surface area (Å²) in [6.45, 7) is -0.0540. The smallest absolute Gasteiger partial charge is 0.240 e. The van der Waals surface area contributed by atoms with E-state index in [2.05, 4.69) is 10.0 Å². The highest BCUT2D eigenvalue weighted by Crippen LogP contribution is 2.18. The second kappa shape index (κ2) is 8.34. The van der Waals surface area contributed by atoms with Crippen LogP contribution >= 0.6 is 0 Å². The fourth-order valence-corrected chi connectivity index (χ4v) is 3.66. The van der Waals surface area contributed by atoms with Crippen molar-refractivity contribution in [1.29, 1.82) is 0 Å². The van der Waals surface area contributed by atoms with Crippen LogP contribution in [0.25, 0.3) is 10.8 Å². The fourth-order valence-electron chi connectivity index (χ4n) is 2.60. The summed E-state index contributed by atoms with van der Waals surface area (Å²) in [5.74, 6) is -0.0193. The maximum atomic E-state index is 12.4. The number of sulfonamides is 1. The molecule has 0 saturated carbocycles. The van der Waals surface area contributed by atoms with E-state index in [0.717, 1.165) is 10.8 Å². The van der Waals surface area contributed by atoms with E-state index in [1.165, 1.54) is 12.3 Å². The van der Waals surface area contributed by atoms with Gasteiger partial charge < -0.3 is 14.8 Å². The van der Waals surface area contributed by atoms with Crippen molar-refractivity contribution in [2.24, 2.45) is 0 Å². The number of hydrogen-bond donors (Lipinski definition) is 3. The average molecular weight is 388 g/mol. The molecule has 0 aliphatic rings. The average Bonchev–Trinajstić information content (AvgIpc) is 3.20. The predicted octanol–water partition coefficient (Wildman–Crippen LogP) is 1.95. The Bertz CT molecular complexity index is 1020. The maximum absolute atomic E-state index is 12.4. The summed E-state index contributed by atoms with van der Waals surface area (Å²) < 4.78 is 32.2. The van der Waals surface area contributed by atoms with Gasteiger partial charge in [0.15, 0.2) is 0 Å². The lowest BCUT2D eigenvalue weighted by molar-refractivity contribution is -0.121. The Labute approximate surface area is 157 Å². The zero-order valence-corrected chi connectivity index (χ0v) is 15.3. The van der Waals surface area contributed by atoms with E-state index >= 15 is 0 Å². The van der Waals surface area contributed by atoms with Gasteiger partial charge in [-0.05, 0) is 35.0 Å². The van der Waals surface area contributed by atoms with Crippen LogP contribution in [0.3, 0.4) is 0 Å². The number of aliphatic hydroxyl groups excluding tert-OH is 1. The Hall–Kier alpha value is -2.68. The van der Waals surface area contributed by atoms with Crippen LogP contribution in [-0.2, 0) is 14.8 Å². The molecule has 0 saturated heterocycles. The van der Waals surface area contributed by atoms with Gasteiger partial charge >= 0.3 is 0 Å². The topological polar surface area (TPSA) is 109 Å². The molecule has 0 aliphatic carbocycles. The van der Waals surface area contributed by atoms with Gasteiger partial charge in [0.05, 0.1) is 17.7 Å². The van der Waals surface area contributed by atoms with Gasteiger partial charge in [-0.25, -0.2) is 13.1 Å². The molecule has 142 valence electrons. The minimum absolute atomic E-state index is 0.0101. The Balaban J connectivity index is 1.50. The summed E-state index contributed by atoms with van der Waals surface area (Å²) in [4.78, 5) is 12.0. The largest absolute Gasteiger partial charge is 0.467 e. The number of fused-ring (bicyclic) bond motifs is 1. The lowest BCUT2D eigenvalue weighted by atomic mass is 10.1. The Morgan fingerprint density at radius 2 is 1.85 bits per heavy atom. The van der Waals surface area contributed by atoms with Crippen molar-refractivity contribution in [2.45, 2.75) is 17.4 Å². The normalized spacial score (nSPS) is 12.8. The second-order valence-electron chi connectivity index (χ2n) is 5.99. The van der Waals surface area contributed by atoms with Crippen LogP contribution < -0.4 is 10.0 Å². The first-order chi connectivity index (χ1) is 13.0. The summed E-state index contributed by atoms with van der Waals surface area (Å²) in [5, 5.41) is 14.1. The van der Waals surface area contributed by atoms with Crippen molar-refractivity contribution in [3.63, 3.8) is 0 Å². The summed E-state index contributed by atoms with van der Waals surface area (Å²) >= 11 is 0. The monoisotopic (exact) mass is 388 g/mol. The molecule has 7 nitrogen and oxygen atoms in total. The van der Waals surface area contributed by atoms with Crippen LogP contribution in [0.4, 0.5) is 0 Å². The van der Waals surface area contributed by atoms with Crippen molar-refractivity contribution in [2.75, 3.05) is 13.1 Å². The van der Waals surface area contributed by atoms with Gasteiger partial charge in [-0.2, -0.15) is 0 Å². The summed E-state index contributed by atoms with van der Waals surface area (Å²) in [6, 6.07) is 15.6. The highest BCUT2D eigenvalue weighted by atomic mass is 32.2. The summed E-state index contributed by atoms with van der Waals surface area (Å²) in [5.41, 5.74) is 0. The first-order valence-electron chi connectivity index (χ1n) is 8.42. The molecule has 0 spiro atoms. The van der Waals surface area contributed by atoms with Gasteiger partial charge in [-0.1, -0.05) is 30.3 Å². The van der Waals surface area contributed by atoms with Crippen molar-refractivity contribution in [3.05, 3.63) is 66.6 Å². The molecular weight excluding hydrogens is 368 g/mol. The predicted molar refractivity (Wildman–Crippen MR) is 100 cm³/mol. The fraction of sp³-hybridized carbons (Fsp3) is 0.211. The Morgan fingerprint density at radius 3 is 2.59 bits per heavy atom. The van der Waals surface area contributed by atoms with Crippen LogP contribution in [0.5, 0.6) is 0 Å². The van der Waals surface area contributed by atoms with Crippen LogP contribution in [0, 0.1) is 0 Å². The van der Waals surface area contributed by atoms with Crippen LogP contribution in [0.15, 0.2) is 70.2 Å². The molecular formula is C19H20N2O5S. The third-order valence-electron chi connectivity index (χ3n) is 4.04. The molecule has 0 aliphatic heterocycles. The van der Waals surface area contributed by atoms with E-state index < -0.39 is 16.1 Å². The molecule has 0 radical (unpaired) electrons. The van der Waals surface area contributed by atoms with Crippen molar-refractivity contribution in [1.82, 2.24) is 10.0 Å². The van der Waals surface area contributed by atoms with E-state index in [9.17, 15) is 18.3 Å². The number of amides is 1. The van der Waals surface area contributed by atoms with Crippen LogP contribution in [0.1, 0.15) is 18.3 Å². The number of hydrogen-bond acceptors (Lipinski definition) is 5. The third kappa shape index (κ3) is 4.94. The molecule has 1 amide bonds. The standard InChI is InChI=1S/C19H20N2O5S/c22-17(18-6-3-11-26-18)13-20-19(23)9-10-21-27(24,25)16-8-7-14-4-1-2-5-15(14)12-16/h1-8,11-12,17,21-22H,9-10,13H2,(H,20,23). The first-order valence-corrected chi connectivity index (χ1v) is 9.91. The minimum atomic E-state index is -3.71. The molecule has 27 heavy (non-hydrogen) atoms. The molecule has 1 atom stereocenters. The summed E-state index contributed by atoms with van der Waals surface area (Å²) in [6.07, 6.45) is 0.442. The zero-order valence-electron chi connectivity index (χ0n) is 14.5. The maximum Gasteiger partial charge on any atom is 0.240 e. The van der Waals surface area contributed by atoms with Gasteiger partial charge in [0, 0.05) is 13.0 Å². The molecule has 1 unspecified atom stereocenters. The lowest BCUT2D eigenvalue weighted by Gasteiger charge is -2.10. The Kier molecular flexibility index (Phi) is 5.90. The number of aliphatic hydroxyl groups is 1. The molecule has 1 heterocycles. The zero-order chi connectivity index (χ0) is 19.3. The number of furan rings is 1. The number of carbonyl (C=O) groups excluding carboxylic acids is 1. The van der Waals surface area contributed by atoms with E-state index in [0.29, 0.717) is 5.76 Å². The van der Waals surface area contributed by atoms with E-state index in [1.807, 2.05) is 24.3 Å². The molecule has 0 bridgehead atoms. The SMILES string of the molecule is O=C(CCNS(=O)(=O)c1ccc2ccccc2c1)NCC(O)c1ccco1. The van der Waals surface area contributed by atoms with E-state index in [-0.39, 0.29) is 30.3 Å². The minimum Gasteiger partial charge on any atom is -0.467 e. The van der Waals surface area contributed by atoms with Crippen molar-refractivity contribution >= 4 is 26.7 Å². The van der Waals surface area contributed by atoms with E-state index in [4.69, 9.17) is 4.42 Å². The highest BCUT2D eigenvalue weighted by molar-refractivity contribution is 7.89. The number of rotatable bonds is 8.